The number of fused-ring (bicyclic) bond motifs is 6. The third-order valence-electron chi connectivity index (χ3n) is 8.63. The summed E-state index contributed by atoms with van der Waals surface area (Å²) in [5.41, 5.74) is 7.03. The summed E-state index contributed by atoms with van der Waals surface area (Å²) in [5, 5.41) is 15.9. The molecule has 2 nitrogen and oxygen atoms in total. The van der Waals surface area contributed by atoms with Crippen molar-refractivity contribution in [2.45, 2.75) is 51.7 Å². The van der Waals surface area contributed by atoms with Crippen LogP contribution in [0.25, 0.3) is 49.9 Å². The Hall–Kier alpha value is -3.66. The zero-order valence-electron chi connectivity index (χ0n) is 23.3. The second-order valence-electron chi connectivity index (χ2n) is 11.7. The van der Waals surface area contributed by atoms with Gasteiger partial charge in [-0.1, -0.05) is 97.1 Å². The summed E-state index contributed by atoms with van der Waals surface area (Å²) in [6, 6.07) is 32.9. The van der Waals surface area contributed by atoms with Gasteiger partial charge in [0.25, 0.3) is 0 Å². The van der Waals surface area contributed by atoms with Gasteiger partial charge in [0.1, 0.15) is 0 Å². The van der Waals surface area contributed by atoms with Crippen LogP contribution in [-0.4, -0.2) is 23.8 Å². The van der Waals surface area contributed by atoms with E-state index < -0.39 is 11.2 Å². The van der Waals surface area contributed by atoms with Crippen LogP contribution in [0.2, 0.25) is 0 Å². The number of benzene rings is 5. The molecule has 0 spiro atoms. The molecule has 0 heterocycles. The molecule has 5 aromatic rings. The molecule has 0 saturated carbocycles. The molecule has 1 aliphatic carbocycles. The minimum Gasteiger partial charge on any atom is -0.427 e. The van der Waals surface area contributed by atoms with Gasteiger partial charge in [0, 0.05) is 0 Å². The first-order valence-electron chi connectivity index (χ1n) is 13.9. The Balaban J connectivity index is 1.48. The van der Waals surface area contributed by atoms with Crippen molar-refractivity contribution in [2.24, 2.45) is 0 Å². The molecule has 0 aromatic heterocycles. The SMILES string of the molecule is CC(C)(O)C(C)(C)OBc1ccccc1-c1ccccc1-c1ccc2c(c1)c1c(c3ccccc32)CCC=C1. The minimum atomic E-state index is -0.956. The van der Waals surface area contributed by atoms with E-state index in [1.807, 2.05) is 13.8 Å². The van der Waals surface area contributed by atoms with Crippen molar-refractivity contribution >= 4 is 40.6 Å². The fourth-order valence-electron chi connectivity index (χ4n) is 5.66. The fourth-order valence-corrected chi connectivity index (χ4v) is 5.66. The molecular weight excluding hydrogens is 475 g/mol. The van der Waals surface area contributed by atoms with Crippen LogP contribution < -0.4 is 5.46 Å². The molecule has 0 fully saturated rings. The average Bonchev–Trinajstić information content (AvgIpc) is 2.95. The van der Waals surface area contributed by atoms with E-state index in [2.05, 4.69) is 103 Å². The van der Waals surface area contributed by atoms with Crippen LogP contribution in [-0.2, 0) is 11.1 Å². The van der Waals surface area contributed by atoms with E-state index in [-0.39, 0.29) is 0 Å². The Kier molecular flexibility index (Phi) is 6.45. The van der Waals surface area contributed by atoms with E-state index >= 15 is 0 Å². The summed E-state index contributed by atoms with van der Waals surface area (Å²) < 4.78 is 6.29. The Bertz CT molecular complexity index is 1720. The lowest BCUT2D eigenvalue weighted by molar-refractivity contribution is -0.0893. The highest BCUT2D eigenvalue weighted by Crippen LogP contribution is 2.40. The van der Waals surface area contributed by atoms with Crippen molar-refractivity contribution in [1.29, 1.82) is 0 Å². The van der Waals surface area contributed by atoms with Gasteiger partial charge in [0.05, 0.1) is 11.2 Å². The van der Waals surface area contributed by atoms with E-state index in [0.717, 1.165) is 23.9 Å². The van der Waals surface area contributed by atoms with E-state index in [1.54, 1.807) is 13.8 Å². The van der Waals surface area contributed by atoms with Gasteiger partial charge in [-0.2, -0.15) is 0 Å². The number of aryl methyl sites for hydroxylation is 1. The van der Waals surface area contributed by atoms with Crippen LogP contribution in [0.1, 0.15) is 45.2 Å². The van der Waals surface area contributed by atoms with Crippen molar-refractivity contribution in [1.82, 2.24) is 0 Å². The summed E-state index contributed by atoms with van der Waals surface area (Å²) in [6.45, 7) is 7.48. The van der Waals surface area contributed by atoms with E-state index in [9.17, 15) is 5.11 Å². The van der Waals surface area contributed by atoms with Crippen molar-refractivity contribution in [3.63, 3.8) is 0 Å². The number of allylic oxidation sites excluding steroid dienone is 1. The number of hydrogen-bond donors (Lipinski definition) is 1. The highest BCUT2D eigenvalue weighted by Gasteiger charge is 2.35. The monoisotopic (exact) mass is 510 g/mol. The van der Waals surface area contributed by atoms with Crippen LogP contribution in [0, 0.1) is 0 Å². The lowest BCUT2D eigenvalue weighted by atomic mass is 9.77. The third kappa shape index (κ3) is 4.60. The molecule has 0 atom stereocenters. The Labute approximate surface area is 232 Å². The quantitative estimate of drug-likeness (QED) is 0.186. The van der Waals surface area contributed by atoms with Gasteiger partial charge in [0.2, 0.25) is 0 Å². The van der Waals surface area contributed by atoms with E-state index in [4.69, 9.17) is 4.65 Å². The van der Waals surface area contributed by atoms with Crippen molar-refractivity contribution in [3.05, 3.63) is 108 Å². The second kappa shape index (κ2) is 9.82. The molecule has 39 heavy (non-hydrogen) atoms. The topological polar surface area (TPSA) is 29.5 Å². The summed E-state index contributed by atoms with van der Waals surface area (Å²) >= 11 is 0. The molecule has 5 aromatic carbocycles. The molecule has 3 heteroatoms. The molecular formula is C36H35BO2. The lowest BCUT2D eigenvalue weighted by Crippen LogP contribution is -2.49. The lowest BCUT2D eigenvalue weighted by Gasteiger charge is -2.37. The summed E-state index contributed by atoms with van der Waals surface area (Å²) in [4.78, 5) is 0. The highest BCUT2D eigenvalue weighted by atomic mass is 16.5. The van der Waals surface area contributed by atoms with Crippen LogP contribution >= 0.6 is 0 Å². The fraction of sp³-hybridized carbons (Fsp3) is 0.222. The summed E-state index contributed by atoms with van der Waals surface area (Å²) in [7, 11) is 0.420. The van der Waals surface area contributed by atoms with Crippen molar-refractivity contribution in [3.8, 4) is 22.3 Å². The summed E-state index contributed by atoms with van der Waals surface area (Å²) in [6.07, 6.45) is 6.80. The molecule has 1 aliphatic rings. The maximum atomic E-state index is 10.6. The molecule has 194 valence electrons. The number of rotatable bonds is 6. The van der Waals surface area contributed by atoms with Gasteiger partial charge >= 0.3 is 7.48 Å². The molecule has 1 N–H and O–H groups in total. The first-order chi connectivity index (χ1) is 18.7. The predicted octanol–water partition coefficient (Wildman–Crippen LogP) is 7.83. The van der Waals surface area contributed by atoms with E-state index in [1.165, 1.54) is 49.4 Å². The third-order valence-corrected chi connectivity index (χ3v) is 8.63. The first-order valence-corrected chi connectivity index (χ1v) is 13.9. The minimum absolute atomic E-state index is 0.420. The molecule has 6 rings (SSSR count). The molecule has 0 unspecified atom stereocenters. The maximum Gasteiger partial charge on any atom is 0.310 e. The standard InChI is InChI=1S/C36H35BO2/c1-35(2,38)36(3,4)39-37-34-20-12-11-19-32(34)26-14-6-5-13-25(26)24-21-22-31-29-17-8-7-15-27(29)28-16-9-10-18-30(28)33(31)23-24/h5-8,10-15,17-23,37-38H,9,16H2,1-4H3. The van der Waals surface area contributed by atoms with Gasteiger partial charge in [-0.3, -0.25) is 0 Å². The van der Waals surface area contributed by atoms with Gasteiger partial charge < -0.3 is 9.76 Å². The molecule has 0 aliphatic heterocycles. The Morgan fingerprint density at radius 1 is 0.692 bits per heavy atom. The Morgan fingerprint density at radius 3 is 2.10 bits per heavy atom. The largest absolute Gasteiger partial charge is 0.427 e. The molecule has 0 saturated heterocycles. The van der Waals surface area contributed by atoms with Crippen LogP contribution in [0.5, 0.6) is 0 Å². The Morgan fingerprint density at radius 2 is 1.33 bits per heavy atom. The van der Waals surface area contributed by atoms with E-state index in [0.29, 0.717) is 7.48 Å². The van der Waals surface area contributed by atoms with Crippen molar-refractivity contribution < 1.29 is 9.76 Å². The second-order valence-corrected chi connectivity index (χ2v) is 11.7. The normalized spacial score (nSPS) is 13.6. The number of hydrogen-bond acceptors (Lipinski definition) is 2. The first kappa shape index (κ1) is 25.6. The molecule has 0 bridgehead atoms. The number of aliphatic hydroxyl groups is 1. The molecule has 0 radical (unpaired) electrons. The predicted molar refractivity (Wildman–Crippen MR) is 168 cm³/mol. The zero-order chi connectivity index (χ0) is 27.2. The van der Waals surface area contributed by atoms with Gasteiger partial charge in [-0.15, -0.1) is 0 Å². The smallest absolute Gasteiger partial charge is 0.310 e. The zero-order valence-corrected chi connectivity index (χ0v) is 23.3. The van der Waals surface area contributed by atoms with Crippen molar-refractivity contribution in [2.75, 3.05) is 0 Å². The van der Waals surface area contributed by atoms with Crippen LogP contribution in [0.4, 0.5) is 0 Å². The summed E-state index contributed by atoms with van der Waals surface area (Å²) in [5.74, 6) is 0. The van der Waals surface area contributed by atoms with Crippen LogP contribution in [0.15, 0.2) is 97.1 Å². The molecule has 0 amide bonds. The average molecular weight is 510 g/mol. The highest BCUT2D eigenvalue weighted by molar-refractivity contribution is 6.49. The van der Waals surface area contributed by atoms with Gasteiger partial charge in [-0.05, 0) is 107 Å². The van der Waals surface area contributed by atoms with Gasteiger partial charge in [-0.25, -0.2) is 0 Å². The maximum absolute atomic E-state index is 10.6. The van der Waals surface area contributed by atoms with Gasteiger partial charge in [0.15, 0.2) is 0 Å². The van der Waals surface area contributed by atoms with Crippen LogP contribution in [0.3, 0.4) is 0 Å².